The lowest BCUT2D eigenvalue weighted by Gasteiger charge is -2.31. The summed E-state index contributed by atoms with van der Waals surface area (Å²) in [5.41, 5.74) is 1.18. The third kappa shape index (κ3) is 5.68. The Morgan fingerprint density at radius 1 is 1.14 bits per heavy atom. The van der Waals surface area contributed by atoms with Crippen molar-refractivity contribution in [3.05, 3.63) is 29.8 Å². The summed E-state index contributed by atoms with van der Waals surface area (Å²) in [6.45, 7) is 11.3. The van der Waals surface area contributed by atoms with Gasteiger partial charge in [-0.05, 0) is 57.9 Å². The standard InChI is InChI=1S/C16H23NO3.C2H6/c1-16(2,3)20-15(19)12-4-6-13(7-5-12)17-10-8-14(18)9-11-17;1-2/h4-7,14,18H,8-11H2,1-3H3;1-2H3. The molecule has 4 heteroatoms. The largest absolute Gasteiger partial charge is 0.456 e. The first-order chi connectivity index (χ1) is 10.3. The number of piperidine rings is 1. The second kappa shape index (κ2) is 8.18. The van der Waals surface area contributed by atoms with Crippen LogP contribution in [0.3, 0.4) is 0 Å². The highest BCUT2D eigenvalue weighted by Gasteiger charge is 2.19. The summed E-state index contributed by atoms with van der Waals surface area (Å²) in [5, 5.41) is 9.51. The molecule has 1 aromatic rings. The fourth-order valence-electron chi connectivity index (χ4n) is 2.27. The van der Waals surface area contributed by atoms with Crippen LogP contribution in [0.15, 0.2) is 24.3 Å². The molecular formula is C18H29NO3. The number of benzene rings is 1. The zero-order valence-electron chi connectivity index (χ0n) is 14.4. The van der Waals surface area contributed by atoms with Crippen LogP contribution >= 0.6 is 0 Å². The molecule has 22 heavy (non-hydrogen) atoms. The number of aliphatic hydroxyl groups is 1. The van der Waals surface area contributed by atoms with Gasteiger partial charge in [-0.1, -0.05) is 13.8 Å². The molecule has 0 unspecified atom stereocenters. The van der Waals surface area contributed by atoms with Crippen molar-refractivity contribution < 1.29 is 14.6 Å². The van der Waals surface area contributed by atoms with Gasteiger partial charge < -0.3 is 14.7 Å². The summed E-state index contributed by atoms with van der Waals surface area (Å²) in [6.07, 6.45) is 1.43. The van der Waals surface area contributed by atoms with E-state index in [0.717, 1.165) is 31.6 Å². The fourth-order valence-corrected chi connectivity index (χ4v) is 2.27. The van der Waals surface area contributed by atoms with Crippen molar-refractivity contribution in [1.29, 1.82) is 0 Å². The highest BCUT2D eigenvalue weighted by Crippen LogP contribution is 2.21. The van der Waals surface area contributed by atoms with E-state index in [9.17, 15) is 9.90 Å². The van der Waals surface area contributed by atoms with Crippen LogP contribution in [0, 0.1) is 0 Å². The molecule has 1 aromatic carbocycles. The highest BCUT2D eigenvalue weighted by molar-refractivity contribution is 5.90. The molecule has 0 radical (unpaired) electrons. The third-order valence-corrected chi connectivity index (χ3v) is 3.33. The molecule has 4 nitrogen and oxygen atoms in total. The maximum absolute atomic E-state index is 11.9. The van der Waals surface area contributed by atoms with Crippen LogP contribution in [0.2, 0.25) is 0 Å². The number of ether oxygens (including phenoxy) is 1. The van der Waals surface area contributed by atoms with Crippen molar-refractivity contribution in [3.63, 3.8) is 0 Å². The molecule has 1 fully saturated rings. The van der Waals surface area contributed by atoms with E-state index in [1.807, 2.05) is 46.8 Å². The fraction of sp³-hybridized carbons (Fsp3) is 0.611. The van der Waals surface area contributed by atoms with Gasteiger partial charge >= 0.3 is 5.97 Å². The first-order valence-electron chi connectivity index (χ1n) is 8.11. The van der Waals surface area contributed by atoms with Gasteiger partial charge in [-0.25, -0.2) is 4.79 Å². The van der Waals surface area contributed by atoms with Crippen LogP contribution in [0.1, 0.15) is 57.8 Å². The molecule has 1 N–H and O–H groups in total. The first-order valence-corrected chi connectivity index (χ1v) is 8.11. The number of anilines is 1. The Morgan fingerprint density at radius 3 is 2.09 bits per heavy atom. The lowest BCUT2D eigenvalue weighted by Crippen LogP contribution is -2.35. The topological polar surface area (TPSA) is 49.8 Å². The average Bonchev–Trinajstić information content (AvgIpc) is 2.48. The lowest BCUT2D eigenvalue weighted by atomic mass is 10.1. The van der Waals surface area contributed by atoms with Crippen LogP contribution in [0.4, 0.5) is 5.69 Å². The molecule has 1 heterocycles. The molecule has 0 bridgehead atoms. The van der Waals surface area contributed by atoms with Crippen LogP contribution in [0.5, 0.6) is 0 Å². The molecule has 2 rings (SSSR count). The summed E-state index contributed by atoms with van der Waals surface area (Å²) in [6, 6.07) is 7.48. The smallest absolute Gasteiger partial charge is 0.338 e. The van der Waals surface area contributed by atoms with E-state index in [4.69, 9.17) is 4.74 Å². The van der Waals surface area contributed by atoms with E-state index in [-0.39, 0.29) is 12.1 Å². The molecule has 0 aliphatic carbocycles. The summed E-state index contributed by atoms with van der Waals surface area (Å²) in [4.78, 5) is 14.1. The Hall–Kier alpha value is -1.55. The number of nitrogens with zero attached hydrogens (tertiary/aromatic N) is 1. The van der Waals surface area contributed by atoms with Crippen LogP contribution in [-0.4, -0.2) is 35.9 Å². The van der Waals surface area contributed by atoms with E-state index in [0.29, 0.717) is 5.56 Å². The lowest BCUT2D eigenvalue weighted by molar-refractivity contribution is 0.00695. The normalized spacial score (nSPS) is 15.8. The van der Waals surface area contributed by atoms with Crippen molar-refractivity contribution in [3.8, 4) is 0 Å². The van der Waals surface area contributed by atoms with Gasteiger partial charge in [0.1, 0.15) is 5.60 Å². The zero-order valence-corrected chi connectivity index (χ0v) is 14.4. The molecule has 0 amide bonds. The molecule has 0 atom stereocenters. The molecule has 1 aliphatic rings. The van der Waals surface area contributed by atoms with Gasteiger partial charge in [0.25, 0.3) is 0 Å². The Kier molecular flexibility index (Phi) is 6.88. The predicted octanol–water partition coefficient (Wildman–Crippen LogP) is 3.63. The Bertz CT molecular complexity index is 454. The second-order valence-corrected chi connectivity index (χ2v) is 6.27. The number of rotatable bonds is 2. The Balaban J connectivity index is 0.00000116. The van der Waals surface area contributed by atoms with Crippen LogP contribution in [-0.2, 0) is 4.74 Å². The van der Waals surface area contributed by atoms with Gasteiger partial charge in [0.2, 0.25) is 0 Å². The van der Waals surface area contributed by atoms with Gasteiger partial charge in [-0.15, -0.1) is 0 Å². The van der Waals surface area contributed by atoms with Crippen molar-refractivity contribution in [2.75, 3.05) is 18.0 Å². The SMILES string of the molecule is CC.CC(C)(C)OC(=O)c1ccc(N2CCC(O)CC2)cc1. The maximum Gasteiger partial charge on any atom is 0.338 e. The minimum atomic E-state index is -0.473. The summed E-state index contributed by atoms with van der Waals surface area (Å²) in [5.74, 6) is -0.293. The number of aliphatic hydroxyl groups excluding tert-OH is 1. The molecule has 124 valence electrons. The van der Waals surface area contributed by atoms with E-state index >= 15 is 0 Å². The Labute approximate surface area is 134 Å². The zero-order chi connectivity index (χ0) is 16.8. The van der Waals surface area contributed by atoms with Gasteiger partial charge in [-0.2, -0.15) is 0 Å². The number of carbonyl (C=O) groups excluding carboxylic acids is 1. The molecule has 0 spiro atoms. The quantitative estimate of drug-likeness (QED) is 0.848. The third-order valence-electron chi connectivity index (χ3n) is 3.33. The molecule has 1 aliphatic heterocycles. The number of esters is 1. The number of carbonyl (C=O) groups is 1. The number of hydrogen-bond donors (Lipinski definition) is 1. The van der Waals surface area contributed by atoms with Gasteiger partial charge in [0.15, 0.2) is 0 Å². The average molecular weight is 307 g/mol. The Morgan fingerprint density at radius 2 is 1.64 bits per heavy atom. The van der Waals surface area contributed by atoms with Crippen LogP contribution < -0.4 is 4.90 Å². The summed E-state index contributed by atoms with van der Waals surface area (Å²) < 4.78 is 5.34. The minimum absolute atomic E-state index is 0.174. The summed E-state index contributed by atoms with van der Waals surface area (Å²) >= 11 is 0. The summed E-state index contributed by atoms with van der Waals surface area (Å²) in [7, 11) is 0. The molecule has 1 saturated heterocycles. The van der Waals surface area contributed by atoms with E-state index in [2.05, 4.69) is 4.90 Å². The van der Waals surface area contributed by atoms with Crippen molar-refractivity contribution in [1.82, 2.24) is 0 Å². The van der Waals surface area contributed by atoms with Gasteiger partial charge in [0, 0.05) is 18.8 Å². The van der Waals surface area contributed by atoms with Crippen molar-refractivity contribution in [2.24, 2.45) is 0 Å². The monoisotopic (exact) mass is 307 g/mol. The molecule has 0 aromatic heterocycles. The maximum atomic E-state index is 11.9. The predicted molar refractivity (Wildman–Crippen MR) is 90.4 cm³/mol. The van der Waals surface area contributed by atoms with Crippen molar-refractivity contribution in [2.45, 2.75) is 59.2 Å². The second-order valence-electron chi connectivity index (χ2n) is 6.27. The molecular weight excluding hydrogens is 278 g/mol. The van der Waals surface area contributed by atoms with E-state index in [1.54, 1.807) is 12.1 Å². The number of hydrogen-bond acceptors (Lipinski definition) is 4. The molecule has 0 saturated carbocycles. The van der Waals surface area contributed by atoms with E-state index < -0.39 is 5.60 Å². The van der Waals surface area contributed by atoms with Crippen LogP contribution in [0.25, 0.3) is 0 Å². The van der Waals surface area contributed by atoms with E-state index in [1.165, 1.54) is 0 Å². The first kappa shape index (κ1) is 18.5. The highest BCUT2D eigenvalue weighted by atomic mass is 16.6. The van der Waals surface area contributed by atoms with Crippen molar-refractivity contribution >= 4 is 11.7 Å². The van der Waals surface area contributed by atoms with Gasteiger partial charge in [0.05, 0.1) is 11.7 Å². The van der Waals surface area contributed by atoms with Gasteiger partial charge in [-0.3, -0.25) is 0 Å². The minimum Gasteiger partial charge on any atom is -0.456 e.